The van der Waals surface area contributed by atoms with Crippen LogP contribution in [0.3, 0.4) is 0 Å². The van der Waals surface area contributed by atoms with Crippen molar-refractivity contribution >= 4 is 27.0 Å². The lowest BCUT2D eigenvalue weighted by Crippen LogP contribution is -2.25. The van der Waals surface area contributed by atoms with Gasteiger partial charge in [-0.15, -0.1) is 11.3 Å². The fourth-order valence-corrected chi connectivity index (χ4v) is 3.88. The summed E-state index contributed by atoms with van der Waals surface area (Å²) in [5.74, 6) is 0.599. The van der Waals surface area contributed by atoms with E-state index in [2.05, 4.69) is 15.0 Å². The third-order valence-corrected chi connectivity index (χ3v) is 5.59. The zero-order valence-electron chi connectivity index (χ0n) is 12.1. The third-order valence-electron chi connectivity index (χ3n) is 3.29. The summed E-state index contributed by atoms with van der Waals surface area (Å²) in [5.41, 5.74) is 0.636. The molecule has 1 heterocycles. The first-order chi connectivity index (χ1) is 10.6. The summed E-state index contributed by atoms with van der Waals surface area (Å²) in [7, 11) is -1.92. The largest absolute Gasteiger partial charge is 0.495 e. The van der Waals surface area contributed by atoms with Crippen molar-refractivity contribution in [2.45, 2.75) is 30.3 Å². The average molecular weight is 339 g/mol. The molecule has 8 heteroatoms. The fourth-order valence-electron chi connectivity index (χ4n) is 1.99. The van der Waals surface area contributed by atoms with Crippen LogP contribution < -0.4 is 14.8 Å². The van der Waals surface area contributed by atoms with Crippen molar-refractivity contribution in [3.63, 3.8) is 0 Å². The van der Waals surface area contributed by atoms with Crippen molar-refractivity contribution in [3.8, 4) is 5.75 Å². The highest BCUT2D eigenvalue weighted by Gasteiger charge is 2.28. The van der Waals surface area contributed by atoms with Gasteiger partial charge in [0, 0.05) is 17.6 Å². The van der Waals surface area contributed by atoms with E-state index in [1.165, 1.54) is 11.3 Å². The van der Waals surface area contributed by atoms with Gasteiger partial charge in [0.25, 0.3) is 0 Å². The second kappa shape index (κ2) is 6.23. The molecule has 118 valence electrons. The number of sulfonamides is 1. The molecule has 3 rings (SSSR count). The Balaban J connectivity index is 1.82. The second-order valence-corrected chi connectivity index (χ2v) is 7.73. The highest BCUT2D eigenvalue weighted by Crippen LogP contribution is 2.29. The number of nitrogens with zero attached hydrogens (tertiary/aromatic N) is 1. The predicted octanol–water partition coefficient (Wildman–Crippen LogP) is 2.20. The van der Waals surface area contributed by atoms with Crippen LogP contribution in [-0.4, -0.2) is 26.6 Å². The van der Waals surface area contributed by atoms with E-state index in [4.69, 9.17) is 4.74 Å². The van der Waals surface area contributed by atoms with Crippen LogP contribution in [0.1, 0.15) is 17.8 Å². The third kappa shape index (κ3) is 3.57. The van der Waals surface area contributed by atoms with Crippen molar-refractivity contribution < 1.29 is 13.2 Å². The van der Waals surface area contributed by atoms with Gasteiger partial charge < -0.3 is 10.1 Å². The summed E-state index contributed by atoms with van der Waals surface area (Å²) in [4.78, 5) is 4.43. The number of nitrogens with one attached hydrogen (secondary N) is 2. The topological polar surface area (TPSA) is 80.3 Å². The molecule has 0 unspecified atom stereocenters. The predicted molar refractivity (Wildman–Crippen MR) is 85.8 cm³/mol. The van der Waals surface area contributed by atoms with E-state index in [1.807, 2.05) is 5.38 Å². The van der Waals surface area contributed by atoms with Crippen LogP contribution in [-0.2, 0) is 16.6 Å². The van der Waals surface area contributed by atoms with Crippen LogP contribution >= 0.6 is 11.3 Å². The Morgan fingerprint density at radius 1 is 1.41 bits per heavy atom. The number of rotatable bonds is 7. The van der Waals surface area contributed by atoms with Crippen molar-refractivity contribution in [2.24, 2.45) is 0 Å². The van der Waals surface area contributed by atoms with Gasteiger partial charge in [0.15, 0.2) is 0 Å². The summed E-state index contributed by atoms with van der Waals surface area (Å²) < 4.78 is 32.5. The zero-order chi connectivity index (χ0) is 15.6. The van der Waals surface area contributed by atoms with E-state index in [9.17, 15) is 8.42 Å². The van der Waals surface area contributed by atoms with Gasteiger partial charge in [-0.05, 0) is 31.0 Å². The van der Waals surface area contributed by atoms with Crippen LogP contribution in [0, 0.1) is 0 Å². The van der Waals surface area contributed by atoms with Gasteiger partial charge in [0.2, 0.25) is 10.0 Å². The van der Waals surface area contributed by atoms with Gasteiger partial charge in [0.05, 0.1) is 24.2 Å². The lowest BCUT2D eigenvalue weighted by Gasteiger charge is -2.13. The maximum Gasteiger partial charge on any atom is 0.240 e. The van der Waals surface area contributed by atoms with Crippen molar-refractivity contribution in [1.29, 1.82) is 0 Å². The smallest absolute Gasteiger partial charge is 0.240 e. The molecular weight excluding hydrogens is 322 g/mol. The minimum absolute atomic E-state index is 0.0822. The van der Waals surface area contributed by atoms with E-state index in [0.717, 1.165) is 17.8 Å². The molecule has 1 fully saturated rings. The van der Waals surface area contributed by atoms with Crippen molar-refractivity contribution in [1.82, 2.24) is 9.71 Å². The molecule has 2 aromatic rings. The van der Waals surface area contributed by atoms with Crippen LogP contribution in [0.5, 0.6) is 5.75 Å². The number of thiazole rings is 1. The van der Waals surface area contributed by atoms with Crippen molar-refractivity contribution in [3.05, 3.63) is 34.8 Å². The Morgan fingerprint density at radius 2 is 2.23 bits per heavy atom. The second-order valence-electron chi connectivity index (χ2n) is 5.04. The van der Waals surface area contributed by atoms with E-state index >= 15 is 0 Å². The van der Waals surface area contributed by atoms with Gasteiger partial charge in [-0.2, -0.15) is 0 Å². The normalized spacial score (nSPS) is 14.8. The molecule has 0 spiro atoms. The molecule has 1 aliphatic rings. The molecule has 1 saturated carbocycles. The minimum Gasteiger partial charge on any atom is -0.495 e. The molecule has 0 radical (unpaired) electrons. The van der Waals surface area contributed by atoms with E-state index in [1.54, 1.807) is 31.5 Å². The maximum atomic E-state index is 12.3. The molecule has 1 aromatic heterocycles. The quantitative estimate of drug-likeness (QED) is 0.808. The van der Waals surface area contributed by atoms with Crippen LogP contribution in [0.2, 0.25) is 0 Å². The highest BCUT2D eigenvalue weighted by atomic mass is 32.2. The molecule has 2 N–H and O–H groups in total. The first-order valence-electron chi connectivity index (χ1n) is 6.91. The SMILES string of the molecule is COc1ccc(S(=O)(=O)NC2CC2)cc1NCc1nccs1. The summed E-state index contributed by atoms with van der Waals surface area (Å²) in [6, 6.07) is 4.89. The monoisotopic (exact) mass is 339 g/mol. The van der Waals surface area contributed by atoms with Gasteiger partial charge in [-0.25, -0.2) is 18.1 Å². The number of hydrogen-bond donors (Lipinski definition) is 2. The van der Waals surface area contributed by atoms with Gasteiger partial charge >= 0.3 is 0 Å². The lowest BCUT2D eigenvalue weighted by molar-refractivity contribution is 0.416. The molecule has 0 atom stereocenters. The van der Waals surface area contributed by atoms with Crippen molar-refractivity contribution in [2.75, 3.05) is 12.4 Å². The Labute approximate surface area is 133 Å². The number of benzene rings is 1. The minimum atomic E-state index is -3.48. The first-order valence-corrected chi connectivity index (χ1v) is 9.27. The number of methoxy groups -OCH3 is 1. The average Bonchev–Trinajstić information content (AvgIpc) is 3.15. The van der Waals surface area contributed by atoms with Crippen LogP contribution in [0.15, 0.2) is 34.7 Å². The summed E-state index contributed by atoms with van der Waals surface area (Å²) in [6.07, 6.45) is 3.55. The number of ether oxygens (including phenoxy) is 1. The molecule has 0 bridgehead atoms. The number of aromatic nitrogens is 1. The Kier molecular flexibility index (Phi) is 4.32. The molecule has 0 saturated heterocycles. The van der Waals surface area contributed by atoms with E-state index < -0.39 is 10.0 Å². The van der Waals surface area contributed by atoms with Gasteiger partial charge in [-0.3, -0.25) is 0 Å². The van der Waals surface area contributed by atoms with Crippen LogP contribution in [0.4, 0.5) is 5.69 Å². The maximum absolute atomic E-state index is 12.3. The lowest BCUT2D eigenvalue weighted by atomic mass is 10.3. The van der Waals surface area contributed by atoms with Gasteiger partial charge in [0.1, 0.15) is 10.8 Å². The van der Waals surface area contributed by atoms with E-state index in [-0.39, 0.29) is 10.9 Å². The molecule has 22 heavy (non-hydrogen) atoms. The Hall–Kier alpha value is -1.64. The highest BCUT2D eigenvalue weighted by molar-refractivity contribution is 7.89. The van der Waals surface area contributed by atoms with Gasteiger partial charge in [-0.1, -0.05) is 0 Å². The summed E-state index contributed by atoms with van der Waals surface area (Å²) in [5, 5.41) is 6.00. The standard InChI is InChI=1S/C14H17N3O3S2/c1-20-13-5-4-11(22(18,19)17-10-2-3-10)8-12(13)16-9-14-15-6-7-21-14/h4-8,10,16-17H,2-3,9H2,1H3. The Morgan fingerprint density at radius 3 is 2.86 bits per heavy atom. The molecule has 0 aliphatic heterocycles. The molecule has 0 amide bonds. The molecule has 1 aliphatic carbocycles. The van der Waals surface area contributed by atoms with E-state index in [0.29, 0.717) is 18.0 Å². The molecule has 1 aromatic carbocycles. The fraction of sp³-hybridized carbons (Fsp3) is 0.357. The molecule has 6 nitrogen and oxygen atoms in total. The number of anilines is 1. The van der Waals surface area contributed by atoms with Crippen LogP contribution in [0.25, 0.3) is 0 Å². The Bertz CT molecular complexity index is 741. The first kappa shape index (κ1) is 15.3. The summed E-state index contributed by atoms with van der Waals surface area (Å²) >= 11 is 1.54. The zero-order valence-corrected chi connectivity index (χ0v) is 13.7. The number of hydrogen-bond acceptors (Lipinski definition) is 6. The summed E-state index contributed by atoms with van der Waals surface area (Å²) in [6.45, 7) is 0.521. The molecular formula is C14H17N3O3S2.